The number of amides is 1. The van der Waals surface area contributed by atoms with Crippen molar-refractivity contribution < 1.29 is 9.21 Å². The Bertz CT molecular complexity index is 1110. The molecule has 6 nitrogen and oxygen atoms in total. The van der Waals surface area contributed by atoms with E-state index in [1.165, 1.54) is 11.8 Å². The third-order valence-corrected chi connectivity index (χ3v) is 5.41. The average Bonchev–Trinajstić information content (AvgIpc) is 3.33. The normalized spacial score (nSPS) is 11.0. The number of hydrogen-bond acceptors (Lipinski definition) is 5. The highest BCUT2D eigenvalue weighted by atomic mass is 35.5. The van der Waals surface area contributed by atoms with E-state index in [-0.39, 0.29) is 11.7 Å². The van der Waals surface area contributed by atoms with Crippen molar-refractivity contribution in [3.63, 3.8) is 0 Å². The maximum Gasteiger partial charge on any atom is 0.277 e. The highest BCUT2D eigenvalue weighted by Gasteiger charge is 2.12. The summed E-state index contributed by atoms with van der Waals surface area (Å²) in [5.41, 5.74) is 3.04. The van der Waals surface area contributed by atoms with Crippen LogP contribution >= 0.6 is 23.4 Å². The molecule has 1 amide bonds. The summed E-state index contributed by atoms with van der Waals surface area (Å²) in [5.74, 6) is 0.587. The zero-order chi connectivity index (χ0) is 19.3. The topological polar surface area (TPSA) is 83.8 Å². The minimum Gasteiger partial charge on any atom is -0.416 e. The predicted molar refractivity (Wildman–Crippen MR) is 109 cm³/mol. The molecule has 0 spiro atoms. The highest BCUT2D eigenvalue weighted by Crippen LogP contribution is 2.22. The molecule has 2 heterocycles. The van der Waals surface area contributed by atoms with Crippen LogP contribution in [0.2, 0.25) is 5.02 Å². The number of aromatic amines is 1. The minimum absolute atomic E-state index is 0.124. The second-order valence-electron chi connectivity index (χ2n) is 6.15. The number of H-pyrrole nitrogens is 1. The summed E-state index contributed by atoms with van der Waals surface area (Å²) in [5, 5.41) is 13.1. The number of thioether (sulfide) groups is 1. The van der Waals surface area contributed by atoms with Gasteiger partial charge in [-0.25, -0.2) is 0 Å². The number of carbonyl (C=O) groups excluding carboxylic acids is 1. The largest absolute Gasteiger partial charge is 0.416 e. The van der Waals surface area contributed by atoms with Gasteiger partial charge in [0.05, 0.1) is 12.2 Å². The first kappa shape index (κ1) is 18.6. The van der Waals surface area contributed by atoms with Gasteiger partial charge in [-0.2, -0.15) is 0 Å². The summed E-state index contributed by atoms with van der Waals surface area (Å²) >= 11 is 7.30. The number of rotatable bonds is 7. The van der Waals surface area contributed by atoms with E-state index in [0.717, 1.165) is 22.0 Å². The van der Waals surface area contributed by atoms with Gasteiger partial charge in [0.25, 0.3) is 5.22 Å². The third-order valence-electron chi connectivity index (χ3n) is 4.23. The zero-order valence-corrected chi connectivity index (χ0v) is 16.4. The molecule has 0 saturated heterocycles. The first-order valence-electron chi connectivity index (χ1n) is 8.69. The number of halogens is 1. The van der Waals surface area contributed by atoms with Crippen LogP contribution < -0.4 is 5.32 Å². The molecule has 0 saturated carbocycles. The fraction of sp³-hybridized carbons (Fsp3) is 0.150. The quantitative estimate of drug-likeness (QED) is 0.444. The zero-order valence-electron chi connectivity index (χ0n) is 14.8. The molecule has 0 aliphatic carbocycles. The van der Waals surface area contributed by atoms with E-state index in [1.54, 1.807) is 6.07 Å². The van der Waals surface area contributed by atoms with Crippen LogP contribution in [0.15, 0.2) is 64.4 Å². The highest BCUT2D eigenvalue weighted by molar-refractivity contribution is 7.99. The summed E-state index contributed by atoms with van der Waals surface area (Å²) in [4.78, 5) is 15.3. The minimum atomic E-state index is -0.124. The van der Waals surface area contributed by atoms with Crippen molar-refractivity contribution in [3.8, 4) is 0 Å². The Balaban J connectivity index is 1.30. The van der Waals surface area contributed by atoms with E-state index in [1.807, 2.05) is 42.6 Å². The van der Waals surface area contributed by atoms with Crippen molar-refractivity contribution in [1.82, 2.24) is 20.5 Å². The van der Waals surface area contributed by atoms with Gasteiger partial charge in [-0.15, -0.1) is 10.2 Å². The Morgan fingerprint density at radius 2 is 1.93 bits per heavy atom. The first-order valence-corrected chi connectivity index (χ1v) is 10.1. The van der Waals surface area contributed by atoms with Crippen molar-refractivity contribution in [3.05, 3.63) is 76.8 Å². The molecule has 4 aromatic rings. The van der Waals surface area contributed by atoms with E-state index in [4.69, 9.17) is 16.0 Å². The molecule has 0 aliphatic rings. The monoisotopic (exact) mass is 412 g/mol. The van der Waals surface area contributed by atoms with Crippen LogP contribution in [0.4, 0.5) is 0 Å². The van der Waals surface area contributed by atoms with Crippen LogP contribution in [0, 0.1) is 0 Å². The van der Waals surface area contributed by atoms with Crippen LogP contribution in [0.25, 0.3) is 10.9 Å². The van der Waals surface area contributed by atoms with Crippen molar-refractivity contribution in [2.24, 2.45) is 0 Å². The van der Waals surface area contributed by atoms with Crippen LogP contribution in [0.5, 0.6) is 0 Å². The lowest BCUT2D eigenvalue weighted by Gasteiger charge is -2.05. The maximum atomic E-state index is 12.0. The van der Waals surface area contributed by atoms with Crippen molar-refractivity contribution in [2.75, 3.05) is 5.75 Å². The van der Waals surface area contributed by atoms with E-state index in [9.17, 15) is 4.79 Å². The molecule has 0 bridgehead atoms. The molecular formula is C20H17ClN4O2S. The van der Waals surface area contributed by atoms with E-state index < -0.39 is 0 Å². The van der Waals surface area contributed by atoms with E-state index in [0.29, 0.717) is 29.1 Å². The number of nitrogens with one attached hydrogen (secondary N) is 2. The molecule has 0 aliphatic heterocycles. The lowest BCUT2D eigenvalue weighted by molar-refractivity contribution is -0.118. The molecule has 0 radical (unpaired) electrons. The number of fused-ring (bicyclic) bond motifs is 1. The SMILES string of the molecule is O=C(CSc1nnc(Cc2c[nH]c3ccccc23)o1)NCc1ccccc1Cl. The molecule has 2 aromatic heterocycles. The Morgan fingerprint density at radius 3 is 2.82 bits per heavy atom. The molecule has 0 fully saturated rings. The second kappa shape index (κ2) is 8.50. The molecule has 4 rings (SSSR count). The van der Waals surface area contributed by atoms with E-state index >= 15 is 0 Å². The lowest BCUT2D eigenvalue weighted by Crippen LogP contribution is -2.24. The number of carbonyl (C=O) groups is 1. The molecular weight excluding hydrogens is 396 g/mol. The van der Waals surface area contributed by atoms with Crippen LogP contribution in [-0.2, 0) is 17.8 Å². The van der Waals surface area contributed by atoms with Gasteiger partial charge in [0.2, 0.25) is 11.8 Å². The van der Waals surface area contributed by atoms with Crippen LogP contribution in [0.3, 0.4) is 0 Å². The summed E-state index contributed by atoms with van der Waals surface area (Å²) in [6.07, 6.45) is 2.49. The number of para-hydroxylation sites is 1. The van der Waals surface area contributed by atoms with E-state index in [2.05, 4.69) is 26.6 Å². The van der Waals surface area contributed by atoms with Gasteiger partial charge in [0, 0.05) is 28.7 Å². The number of nitrogens with zero attached hydrogens (tertiary/aromatic N) is 2. The Kier molecular flexibility index (Phi) is 5.64. The molecule has 0 unspecified atom stereocenters. The fourth-order valence-electron chi connectivity index (χ4n) is 2.82. The van der Waals surface area contributed by atoms with Gasteiger partial charge < -0.3 is 14.7 Å². The smallest absolute Gasteiger partial charge is 0.277 e. The van der Waals surface area contributed by atoms with Gasteiger partial charge >= 0.3 is 0 Å². The van der Waals surface area contributed by atoms with Crippen molar-refractivity contribution in [1.29, 1.82) is 0 Å². The standard InChI is InChI=1S/C20H17ClN4O2S/c21-16-7-3-1-5-13(16)10-23-18(26)12-28-20-25-24-19(27-20)9-14-11-22-17-8-4-2-6-15(14)17/h1-8,11,22H,9-10,12H2,(H,23,26). The Morgan fingerprint density at radius 1 is 1.11 bits per heavy atom. The predicted octanol–water partition coefficient (Wildman–Crippen LogP) is 4.20. The lowest BCUT2D eigenvalue weighted by atomic mass is 10.1. The summed E-state index contributed by atoms with van der Waals surface area (Å²) in [6.45, 7) is 0.384. The van der Waals surface area contributed by atoms with Gasteiger partial charge in [-0.1, -0.05) is 59.8 Å². The van der Waals surface area contributed by atoms with Gasteiger partial charge in [0.15, 0.2) is 0 Å². The third kappa shape index (κ3) is 4.37. The number of benzene rings is 2. The average molecular weight is 413 g/mol. The van der Waals surface area contributed by atoms with Crippen molar-refractivity contribution >= 4 is 40.2 Å². The molecule has 0 atom stereocenters. The summed E-state index contributed by atoms with van der Waals surface area (Å²) < 4.78 is 5.66. The molecule has 142 valence electrons. The number of hydrogen-bond donors (Lipinski definition) is 2. The second-order valence-corrected chi connectivity index (χ2v) is 7.49. The summed E-state index contributed by atoms with van der Waals surface area (Å²) in [6, 6.07) is 15.5. The molecule has 8 heteroatoms. The molecule has 28 heavy (non-hydrogen) atoms. The van der Waals surface area contributed by atoms with Crippen molar-refractivity contribution in [2.45, 2.75) is 18.2 Å². The van der Waals surface area contributed by atoms with Gasteiger partial charge in [-0.05, 0) is 23.3 Å². The van der Waals surface area contributed by atoms with Gasteiger partial charge in [-0.3, -0.25) is 4.79 Å². The molecule has 2 aromatic carbocycles. The van der Waals surface area contributed by atoms with Crippen LogP contribution in [0.1, 0.15) is 17.0 Å². The fourth-order valence-corrected chi connectivity index (χ4v) is 3.64. The summed E-state index contributed by atoms with van der Waals surface area (Å²) in [7, 11) is 0. The van der Waals surface area contributed by atoms with Gasteiger partial charge in [0.1, 0.15) is 0 Å². The Labute approximate surface area is 170 Å². The number of aromatic nitrogens is 3. The van der Waals surface area contributed by atoms with Crippen LogP contribution in [-0.4, -0.2) is 26.8 Å². The maximum absolute atomic E-state index is 12.0. The Hall–Kier alpha value is -2.77. The molecule has 2 N–H and O–H groups in total. The first-order chi connectivity index (χ1) is 13.7.